The Morgan fingerprint density at radius 1 is 1.11 bits per heavy atom. The molecule has 28 heavy (non-hydrogen) atoms. The van der Waals surface area contributed by atoms with Crippen LogP contribution in [0.1, 0.15) is 41.3 Å². The topological polar surface area (TPSA) is 66.5 Å². The van der Waals surface area contributed by atoms with E-state index in [1.54, 1.807) is 13.0 Å². The van der Waals surface area contributed by atoms with Crippen molar-refractivity contribution >= 4 is 21.4 Å². The number of carbonyl (C=O) groups is 1. The largest absolute Gasteiger partial charge is 0.322 e. The van der Waals surface area contributed by atoms with E-state index < -0.39 is 9.84 Å². The van der Waals surface area contributed by atoms with Crippen LogP contribution in [0.2, 0.25) is 0 Å². The van der Waals surface area contributed by atoms with Crippen LogP contribution in [-0.2, 0) is 16.4 Å². The molecule has 0 aromatic heterocycles. The van der Waals surface area contributed by atoms with Crippen LogP contribution >= 0.6 is 0 Å². The third kappa shape index (κ3) is 5.20. The zero-order chi connectivity index (χ0) is 20.3. The highest BCUT2D eigenvalue weighted by molar-refractivity contribution is 7.90. The predicted octanol–water partition coefficient (Wildman–Crippen LogP) is 3.88. The average molecular weight is 401 g/mol. The molecule has 1 amide bonds. The van der Waals surface area contributed by atoms with Gasteiger partial charge in [-0.3, -0.25) is 9.69 Å². The van der Waals surface area contributed by atoms with E-state index in [2.05, 4.69) is 17.1 Å². The van der Waals surface area contributed by atoms with E-state index in [1.165, 1.54) is 30.5 Å². The Balaban J connectivity index is 1.66. The number of nitrogens with zero attached hydrogens (tertiary/aromatic N) is 1. The number of aryl methyl sites for hydroxylation is 1. The highest BCUT2D eigenvalue weighted by Gasteiger charge is 2.16. The monoisotopic (exact) mass is 400 g/mol. The van der Waals surface area contributed by atoms with Crippen molar-refractivity contribution in [3.8, 4) is 0 Å². The van der Waals surface area contributed by atoms with Gasteiger partial charge in [0.05, 0.1) is 4.90 Å². The fourth-order valence-electron chi connectivity index (χ4n) is 3.45. The molecule has 1 N–H and O–H groups in total. The first-order valence-electron chi connectivity index (χ1n) is 9.66. The number of rotatable bonds is 5. The zero-order valence-electron chi connectivity index (χ0n) is 16.7. The molecule has 1 aliphatic rings. The van der Waals surface area contributed by atoms with Gasteiger partial charge >= 0.3 is 0 Å². The second kappa shape index (κ2) is 8.45. The summed E-state index contributed by atoms with van der Waals surface area (Å²) in [7, 11) is -3.36. The van der Waals surface area contributed by atoms with E-state index in [-0.39, 0.29) is 10.8 Å². The lowest BCUT2D eigenvalue weighted by Gasteiger charge is -2.30. The standard InChI is InChI=1S/C22H28N2O3S/c1-16-10-12-24(13-11-16)15-18-5-7-19(8-6-18)23-22(25)21-14-20(28(3,26)27)9-4-17(21)2/h4-9,14,16H,10-13,15H2,1-3H3,(H,23,25). The molecule has 3 rings (SSSR count). The van der Waals surface area contributed by atoms with Crippen LogP contribution in [0.4, 0.5) is 5.69 Å². The highest BCUT2D eigenvalue weighted by atomic mass is 32.2. The van der Waals surface area contributed by atoms with Gasteiger partial charge in [0.25, 0.3) is 5.91 Å². The highest BCUT2D eigenvalue weighted by Crippen LogP contribution is 2.20. The second-order valence-corrected chi connectivity index (χ2v) is 9.87. The van der Waals surface area contributed by atoms with Gasteiger partial charge in [0.15, 0.2) is 9.84 Å². The summed E-state index contributed by atoms with van der Waals surface area (Å²) in [5, 5.41) is 2.87. The lowest BCUT2D eigenvalue weighted by molar-refractivity contribution is 0.102. The van der Waals surface area contributed by atoms with Crippen LogP contribution in [0.5, 0.6) is 0 Å². The van der Waals surface area contributed by atoms with E-state index in [9.17, 15) is 13.2 Å². The molecule has 0 aliphatic carbocycles. The Morgan fingerprint density at radius 3 is 2.36 bits per heavy atom. The van der Waals surface area contributed by atoms with Crippen molar-refractivity contribution in [2.24, 2.45) is 5.92 Å². The number of hydrogen-bond donors (Lipinski definition) is 1. The number of likely N-dealkylation sites (tertiary alicyclic amines) is 1. The Labute approximate surface area is 167 Å². The van der Waals surface area contributed by atoms with Crippen molar-refractivity contribution in [1.29, 1.82) is 0 Å². The van der Waals surface area contributed by atoms with Gasteiger partial charge in [-0.05, 0) is 74.2 Å². The Hall–Kier alpha value is -2.18. The smallest absolute Gasteiger partial charge is 0.255 e. The van der Waals surface area contributed by atoms with Crippen molar-refractivity contribution in [3.63, 3.8) is 0 Å². The van der Waals surface area contributed by atoms with Gasteiger partial charge in [0, 0.05) is 24.1 Å². The Kier molecular flexibility index (Phi) is 6.20. The molecule has 0 atom stereocenters. The van der Waals surface area contributed by atoms with Crippen LogP contribution in [0.3, 0.4) is 0 Å². The summed E-state index contributed by atoms with van der Waals surface area (Å²) in [6.07, 6.45) is 3.64. The molecule has 0 saturated carbocycles. The molecular formula is C22H28N2O3S. The predicted molar refractivity (Wildman–Crippen MR) is 112 cm³/mol. The number of nitrogens with one attached hydrogen (secondary N) is 1. The van der Waals surface area contributed by atoms with Crippen molar-refractivity contribution < 1.29 is 13.2 Å². The maximum atomic E-state index is 12.6. The van der Waals surface area contributed by atoms with Crippen LogP contribution in [0.15, 0.2) is 47.4 Å². The van der Waals surface area contributed by atoms with Gasteiger partial charge in [-0.1, -0.05) is 25.1 Å². The quantitative estimate of drug-likeness (QED) is 0.827. The summed E-state index contributed by atoms with van der Waals surface area (Å²) in [5.74, 6) is 0.513. The minimum atomic E-state index is -3.36. The normalized spacial score (nSPS) is 16.1. The van der Waals surface area contributed by atoms with Crippen molar-refractivity contribution in [2.75, 3.05) is 24.7 Å². The summed E-state index contributed by atoms with van der Waals surface area (Å²) in [4.78, 5) is 15.2. The molecule has 1 fully saturated rings. The number of anilines is 1. The summed E-state index contributed by atoms with van der Waals surface area (Å²) >= 11 is 0. The van der Waals surface area contributed by atoms with Gasteiger partial charge in [0.1, 0.15) is 0 Å². The van der Waals surface area contributed by atoms with Crippen molar-refractivity contribution in [1.82, 2.24) is 4.90 Å². The summed E-state index contributed by atoms with van der Waals surface area (Å²) in [6, 6.07) is 12.5. The molecular weight excluding hydrogens is 372 g/mol. The number of hydrogen-bond acceptors (Lipinski definition) is 4. The third-order valence-corrected chi connectivity index (χ3v) is 6.49. The van der Waals surface area contributed by atoms with E-state index in [0.717, 1.165) is 37.4 Å². The lowest BCUT2D eigenvalue weighted by atomic mass is 9.99. The molecule has 1 heterocycles. The van der Waals surface area contributed by atoms with Crippen molar-refractivity contribution in [3.05, 3.63) is 59.2 Å². The molecule has 2 aromatic rings. The molecule has 1 saturated heterocycles. The van der Waals surface area contributed by atoms with Crippen LogP contribution in [0.25, 0.3) is 0 Å². The van der Waals surface area contributed by atoms with E-state index in [4.69, 9.17) is 0 Å². The minimum absolute atomic E-state index is 0.148. The average Bonchev–Trinajstić information content (AvgIpc) is 2.64. The summed E-state index contributed by atoms with van der Waals surface area (Å²) in [5.41, 5.74) is 3.03. The van der Waals surface area contributed by atoms with Gasteiger partial charge in [-0.2, -0.15) is 0 Å². The summed E-state index contributed by atoms with van der Waals surface area (Å²) in [6.45, 7) is 7.30. The fourth-order valence-corrected chi connectivity index (χ4v) is 4.09. The third-order valence-electron chi connectivity index (χ3n) is 5.38. The van der Waals surface area contributed by atoms with E-state index in [0.29, 0.717) is 11.3 Å². The van der Waals surface area contributed by atoms with E-state index in [1.807, 2.05) is 24.3 Å². The molecule has 5 nitrogen and oxygen atoms in total. The van der Waals surface area contributed by atoms with Crippen LogP contribution < -0.4 is 5.32 Å². The molecule has 1 aliphatic heterocycles. The number of benzene rings is 2. The van der Waals surface area contributed by atoms with E-state index >= 15 is 0 Å². The molecule has 0 bridgehead atoms. The number of amides is 1. The maximum absolute atomic E-state index is 12.6. The SMILES string of the molecule is Cc1ccc(S(C)(=O)=O)cc1C(=O)Nc1ccc(CN2CCC(C)CC2)cc1. The molecule has 150 valence electrons. The lowest BCUT2D eigenvalue weighted by Crippen LogP contribution is -2.32. The maximum Gasteiger partial charge on any atom is 0.255 e. The van der Waals surface area contributed by atoms with Gasteiger partial charge < -0.3 is 5.32 Å². The van der Waals surface area contributed by atoms with Gasteiger partial charge in [-0.25, -0.2) is 8.42 Å². The first kappa shape index (κ1) is 20.6. The molecule has 0 unspecified atom stereocenters. The molecule has 0 spiro atoms. The molecule has 6 heteroatoms. The Bertz CT molecular complexity index is 944. The first-order chi connectivity index (χ1) is 13.2. The number of sulfone groups is 1. The first-order valence-corrected chi connectivity index (χ1v) is 11.5. The second-order valence-electron chi connectivity index (χ2n) is 7.86. The number of piperidine rings is 1. The van der Waals surface area contributed by atoms with Crippen LogP contribution in [0, 0.1) is 12.8 Å². The van der Waals surface area contributed by atoms with Gasteiger partial charge in [0.2, 0.25) is 0 Å². The van der Waals surface area contributed by atoms with Crippen LogP contribution in [-0.4, -0.2) is 38.6 Å². The number of carbonyl (C=O) groups excluding carboxylic acids is 1. The minimum Gasteiger partial charge on any atom is -0.322 e. The molecule has 0 radical (unpaired) electrons. The zero-order valence-corrected chi connectivity index (χ0v) is 17.6. The fraction of sp³-hybridized carbons (Fsp3) is 0.409. The summed E-state index contributed by atoms with van der Waals surface area (Å²) < 4.78 is 23.5. The van der Waals surface area contributed by atoms with Crippen molar-refractivity contribution in [2.45, 2.75) is 38.1 Å². The Morgan fingerprint density at radius 2 is 1.75 bits per heavy atom. The van der Waals surface area contributed by atoms with Gasteiger partial charge in [-0.15, -0.1) is 0 Å². The molecule has 2 aromatic carbocycles.